The molecule has 100 valence electrons. The summed E-state index contributed by atoms with van der Waals surface area (Å²) in [5.74, 6) is 0. The highest BCUT2D eigenvalue weighted by molar-refractivity contribution is 14.1. The third-order valence-corrected chi connectivity index (χ3v) is 5.32. The second-order valence-corrected chi connectivity index (χ2v) is 6.22. The van der Waals surface area contributed by atoms with Gasteiger partial charge in [0.05, 0.1) is 13.1 Å². The Hall–Kier alpha value is 0.450. The van der Waals surface area contributed by atoms with E-state index in [-0.39, 0.29) is 0 Å². The third-order valence-electron chi connectivity index (χ3n) is 1.72. The Morgan fingerprint density at radius 3 is 1.44 bits per heavy atom. The van der Waals surface area contributed by atoms with Crippen LogP contribution in [0, 0.1) is 3.70 Å². The predicted molar refractivity (Wildman–Crippen MR) is 87.2 cm³/mol. The summed E-state index contributed by atoms with van der Waals surface area (Å²) in [5, 5.41) is 16.1. The summed E-state index contributed by atoms with van der Waals surface area (Å²) >= 11 is 11.8. The molecule has 0 aliphatic heterocycles. The van der Waals surface area contributed by atoms with Gasteiger partial charge in [0.2, 0.25) is 0 Å². The normalized spacial score (nSPS) is 10.1. The fraction of sp³-hybridized carbons (Fsp3) is 0.500. The summed E-state index contributed by atoms with van der Waals surface area (Å²) in [4.78, 5) is 3.25. The van der Waals surface area contributed by atoms with Gasteiger partial charge < -0.3 is 0 Å². The van der Waals surface area contributed by atoms with Crippen LogP contribution >= 0.6 is 70.4 Å². The molecule has 2 heterocycles. The van der Waals surface area contributed by atoms with Gasteiger partial charge in [0.15, 0.2) is 17.5 Å². The lowest BCUT2D eigenvalue weighted by Gasteiger charge is -1.86. The lowest BCUT2D eigenvalue weighted by atomic mass is 10.8. The lowest BCUT2D eigenvalue weighted by Crippen LogP contribution is -1.97. The topological polar surface area (TPSA) is 61.4 Å². The highest BCUT2D eigenvalue weighted by atomic mass is 127. The van der Waals surface area contributed by atoms with E-state index in [1.807, 2.05) is 13.8 Å². The van der Waals surface area contributed by atoms with Crippen LogP contribution in [0.25, 0.3) is 0 Å². The van der Waals surface area contributed by atoms with Gasteiger partial charge in [-0.15, -0.1) is 20.4 Å². The second kappa shape index (κ2) is 7.90. The zero-order chi connectivity index (χ0) is 13.7. The highest BCUT2D eigenvalue weighted by Gasteiger charge is 2.01. The molecule has 0 bridgehead atoms. The number of aryl methyl sites for hydroxylation is 2. The molecule has 0 spiro atoms. The Balaban J connectivity index is 0.000000180. The van der Waals surface area contributed by atoms with Gasteiger partial charge in [-0.05, 0) is 84.2 Å². The average Bonchev–Trinajstić information content (AvgIpc) is 2.84. The van der Waals surface area contributed by atoms with Crippen LogP contribution in [0.1, 0.15) is 13.8 Å². The monoisotopic (exact) mass is 554 g/mol. The van der Waals surface area contributed by atoms with E-state index in [0.717, 1.165) is 30.6 Å². The summed E-state index contributed by atoms with van der Waals surface area (Å²) < 4.78 is 3.24. The molecule has 0 amide bonds. The molecule has 0 saturated carbocycles. The largest absolute Gasteiger partial charge is 0.183 e. The van der Waals surface area contributed by atoms with Crippen molar-refractivity contribution in [3.05, 3.63) is 17.5 Å². The van der Waals surface area contributed by atoms with Crippen LogP contribution in [-0.4, -0.2) is 30.0 Å². The molecule has 0 atom stereocenters. The molecule has 0 N–H and O–H groups in total. The molecule has 10 heteroatoms. The zero-order valence-electron chi connectivity index (χ0n) is 9.61. The number of halogens is 4. The van der Waals surface area contributed by atoms with Gasteiger partial charge in [0, 0.05) is 0 Å². The molecule has 0 radical (unpaired) electrons. The van der Waals surface area contributed by atoms with E-state index in [0.29, 0.717) is 0 Å². The molecule has 0 aliphatic rings. The van der Waals surface area contributed by atoms with E-state index in [9.17, 15) is 0 Å². The quantitative estimate of drug-likeness (QED) is 0.532. The molecule has 2 aromatic heterocycles. The first-order chi connectivity index (χ1) is 8.47. The van der Waals surface area contributed by atoms with Crippen LogP contribution in [0.5, 0.6) is 0 Å². The minimum atomic E-state index is 0.754. The molecule has 18 heavy (non-hydrogen) atoms. The van der Waals surface area contributed by atoms with Gasteiger partial charge in [-0.3, -0.25) is 0 Å². The minimum Gasteiger partial charge on any atom is -0.183 e. The first kappa shape index (κ1) is 16.5. The summed E-state index contributed by atoms with van der Waals surface area (Å²) in [5.41, 5.74) is 0. The van der Waals surface area contributed by atoms with Crippen molar-refractivity contribution >= 4 is 70.4 Å². The van der Waals surface area contributed by atoms with Gasteiger partial charge in [0.25, 0.3) is 0 Å². The number of nitrogens with zero attached hydrogens (tertiary/aromatic N) is 6. The molecule has 0 fully saturated rings. The predicted octanol–water partition coefficient (Wildman–Crippen LogP) is 3.49. The van der Waals surface area contributed by atoms with Crippen molar-refractivity contribution in [1.82, 2.24) is 30.0 Å². The Morgan fingerprint density at radius 1 is 0.833 bits per heavy atom. The van der Waals surface area contributed by atoms with Crippen molar-refractivity contribution in [3.63, 3.8) is 0 Å². The SMILES string of the molecule is CCn1nc(Br)c(Br)n1.CCn1nc(Br)c(I)n1. The summed E-state index contributed by atoms with van der Waals surface area (Å²) in [6, 6.07) is 0. The molecule has 6 nitrogen and oxygen atoms in total. The van der Waals surface area contributed by atoms with E-state index in [1.165, 1.54) is 0 Å². The lowest BCUT2D eigenvalue weighted by molar-refractivity contribution is 0.565. The van der Waals surface area contributed by atoms with Crippen molar-refractivity contribution in [2.75, 3.05) is 0 Å². The van der Waals surface area contributed by atoms with Crippen molar-refractivity contribution in [2.45, 2.75) is 26.9 Å². The first-order valence-corrected chi connectivity index (χ1v) is 8.45. The molecule has 2 aromatic rings. The summed E-state index contributed by atoms with van der Waals surface area (Å²) in [7, 11) is 0. The van der Waals surface area contributed by atoms with Crippen LogP contribution in [-0.2, 0) is 13.1 Å². The zero-order valence-corrected chi connectivity index (χ0v) is 16.5. The van der Waals surface area contributed by atoms with E-state index in [4.69, 9.17) is 0 Å². The molecule has 2 rings (SSSR count). The van der Waals surface area contributed by atoms with E-state index >= 15 is 0 Å². The first-order valence-electron chi connectivity index (χ1n) is 5.00. The van der Waals surface area contributed by atoms with Crippen molar-refractivity contribution in [2.24, 2.45) is 0 Å². The van der Waals surface area contributed by atoms with Crippen LogP contribution < -0.4 is 0 Å². The fourth-order valence-electron chi connectivity index (χ4n) is 0.898. The summed E-state index contributed by atoms with van der Waals surface area (Å²) in [6.45, 7) is 5.60. The van der Waals surface area contributed by atoms with E-state index < -0.39 is 0 Å². The van der Waals surface area contributed by atoms with Gasteiger partial charge >= 0.3 is 0 Å². The van der Waals surface area contributed by atoms with Crippen molar-refractivity contribution < 1.29 is 0 Å². The highest BCUT2D eigenvalue weighted by Crippen LogP contribution is 2.16. The summed E-state index contributed by atoms with van der Waals surface area (Å²) in [6.07, 6.45) is 0. The average molecular weight is 557 g/mol. The maximum atomic E-state index is 4.07. The standard InChI is InChI=1S/C4H5Br2N3.C4H5BrIN3/c2*1-2-9-7-3(5)4(6)8-9/h2*2H2,1H3. The van der Waals surface area contributed by atoms with E-state index in [2.05, 4.69) is 90.8 Å². The van der Waals surface area contributed by atoms with Gasteiger partial charge in [0.1, 0.15) is 0 Å². The third kappa shape index (κ3) is 4.85. The second-order valence-electron chi connectivity index (χ2n) is 2.94. The molecule has 0 unspecified atom stereocenters. The van der Waals surface area contributed by atoms with Crippen molar-refractivity contribution in [3.8, 4) is 0 Å². The fourth-order valence-corrected chi connectivity index (χ4v) is 2.04. The molecule has 0 aromatic carbocycles. The minimum absolute atomic E-state index is 0.754. The van der Waals surface area contributed by atoms with E-state index in [1.54, 1.807) is 9.59 Å². The molecular weight excluding hydrogens is 547 g/mol. The Labute approximate surface area is 143 Å². The maximum Gasteiger partial charge on any atom is 0.162 e. The molecule has 0 aliphatic carbocycles. The maximum absolute atomic E-state index is 4.07. The smallest absolute Gasteiger partial charge is 0.162 e. The van der Waals surface area contributed by atoms with Gasteiger partial charge in [-0.2, -0.15) is 9.59 Å². The Bertz CT molecular complexity index is 426. The Kier molecular flexibility index (Phi) is 7.24. The van der Waals surface area contributed by atoms with Crippen LogP contribution in [0.15, 0.2) is 13.8 Å². The number of hydrogen-bond donors (Lipinski definition) is 0. The Morgan fingerprint density at radius 2 is 1.22 bits per heavy atom. The van der Waals surface area contributed by atoms with Crippen LogP contribution in [0.3, 0.4) is 0 Å². The van der Waals surface area contributed by atoms with Crippen LogP contribution in [0.4, 0.5) is 0 Å². The number of rotatable bonds is 2. The van der Waals surface area contributed by atoms with Crippen molar-refractivity contribution in [1.29, 1.82) is 0 Å². The van der Waals surface area contributed by atoms with Gasteiger partial charge in [-0.1, -0.05) is 0 Å². The van der Waals surface area contributed by atoms with Crippen LogP contribution in [0.2, 0.25) is 0 Å². The molecule has 0 saturated heterocycles. The number of aromatic nitrogens is 6. The molecular formula is C8H10Br3IN6. The number of hydrogen-bond acceptors (Lipinski definition) is 4. The van der Waals surface area contributed by atoms with Gasteiger partial charge in [-0.25, -0.2) is 0 Å².